The van der Waals surface area contributed by atoms with Gasteiger partial charge in [-0.2, -0.15) is 0 Å². The van der Waals surface area contributed by atoms with Crippen molar-refractivity contribution >= 4 is 27.9 Å². The molecule has 1 unspecified atom stereocenters. The van der Waals surface area contributed by atoms with E-state index in [9.17, 15) is 9.59 Å². The monoisotopic (exact) mass is 238 g/mol. The van der Waals surface area contributed by atoms with Crippen molar-refractivity contribution in [1.82, 2.24) is 0 Å². The first-order valence-corrected chi connectivity index (χ1v) is 4.32. The van der Waals surface area contributed by atoms with E-state index in [1.54, 1.807) is 0 Å². The molecule has 0 saturated heterocycles. The van der Waals surface area contributed by atoms with Gasteiger partial charge in [-0.15, -0.1) is 0 Å². The second kappa shape index (κ2) is 5.99. The van der Waals surface area contributed by atoms with Gasteiger partial charge < -0.3 is 9.47 Å². The number of carbonyl (C=O) groups excluding carboxylic acids is 2. The molecule has 0 aliphatic rings. The number of hydrogen-bond acceptors (Lipinski definition) is 4. The van der Waals surface area contributed by atoms with Gasteiger partial charge in [-0.25, -0.2) is 0 Å². The van der Waals surface area contributed by atoms with E-state index in [-0.39, 0.29) is 18.4 Å². The van der Waals surface area contributed by atoms with Gasteiger partial charge in [-0.05, 0) is 6.42 Å². The zero-order valence-corrected chi connectivity index (χ0v) is 8.59. The van der Waals surface area contributed by atoms with E-state index in [0.29, 0.717) is 6.42 Å². The number of rotatable bonds is 4. The summed E-state index contributed by atoms with van der Waals surface area (Å²) >= 11 is 3.08. The molecule has 70 valence electrons. The minimum atomic E-state index is -0.429. The molecule has 0 aromatic rings. The Morgan fingerprint density at radius 3 is 2.33 bits per heavy atom. The number of halogens is 1. The van der Waals surface area contributed by atoms with Crippen molar-refractivity contribution in [2.75, 3.05) is 14.2 Å². The Morgan fingerprint density at radius 2 is 1.92 bits per heavy atom. The maximum Gasteiger partial charge on any atom is 0.319 e. The summed E-state index contributed by atoms with van der Waals surface area (Å²) in [4.78, 5) is 21.0. The predicted molar refractivity (Wildman–Crippen MR) is 46.0 cm³/mol. The van der Waals surface area contributed by atoms with Crippen LogP contribution in [0.4, 0.5) is 0 Å². The lowest BCUT2D eigenvalue weighted by Gasteiger charge is -2.05. The van der Waals surface area contributed by atoms with Crippen LogP contribution >= 0.6 is 15.9 Å². The molecule has 0 rings (SSSR count). The van der Waals surface area contributed by atoms with Crippen LogP contribution in [0.2, 0.25) is 0 Å². The number of methoxy groups -OCH3 is 2. The Bertz CT molecular complexity index is 169. The van der Waals surface area contributed by atoms with Crippen LogP contribution < -0.4 is 0 Å². The molecule has 0 amide bonds. The summed E-state index contributed by atoms with van der Waals surface area (Å²) in [5.74, 6) is -0.706. The van der Waals surface area contributed by atoms with Gasteiger partial charge in [0.25, 0.3) is 0 Å². The fraction of sp³-hybridized carbons (Fsp3) is 0.714. The summed E-state index contributed by atoms with van der Waals surface area (Å²) in [7, 11) is 2.61. The molecule has 0 fully saturated rings. The first-order valence-electron chi connectivity index (χ1n) is 3.40. The summed E-state index contributed by atoms with van der Waals surface area (Å²) in [5, 5.41) is 0. The Hall–Kier alpha value is -0.580. The van der Waals surface area contributed by atoms with Crippen molar-refractivity contribution in [1.29, 1.82) is 0 Å². The smallest absolute Gasteiger partial charge is 0.319 e. The third kappa shape index (κ3) is 4.33. The van der Waals surface area contributed by atoms with Crippen LogP contribution in [0.25, 0.3) is 0 Å². The third-order valence-electron chi connectivity index (χ3n) is 1.29. The van der Waals surface area contributed by atoms with Crippen LogP contribution in [-0.2, 0) is 19.1 Å². The molecule has 0 aromatic heterocycles. The summed E-state index contributed by atoms with van der Waals surface area (Å²) in [5.41, 5.74) is 0. The van der Waals surface area contributed by atoms with E-state index in [0.717, 1.165) is 0 Å². The molecule has 0 heterocycles. The fourth-order valence-corrected chi connectivity index (χ4v) is 1.01. The lowest BCUT2D eigenvalue weighted by atomic mass is 10.2. The number of ether oxygens (including phenoxy) is 2. The van der Waals surface area contributed by atoms with Crippen molar-refractivity contribution in [2.24, 2.45) is 0 Å². The lowest BCUT2D eigenvalue weighted by Crippen LogP contribution is -2.17. The third-order valence-corrected chi connectivity index (χ3v) is 2.12. The zero-order valence-electron chi connectivity index (χ0n) is 7.00. The van der Waals surface area contributed by atoms with Crippen molar-refractivity contribution < 1.29 is 19.1 Å². The van der Waals surface area contributed by atoms with E-state index in [4.69, 9.17) is 0 Å². The summed E-state index contributed by atoms with van der Waals surface area (Å²) in [6.45, 7) is 0. The number of esters is 2. The van der Waals surface area contributed by atoms with Gasteiger partial charge >= 0.3 is 11.9 Å². The molecule has 0 aliphatic heterocycles. The van der Waals surface area contributed by atoms with Gasteiger partial charge in [-0.1, -0.05) is 15.9 Å². The molecule has 12 heavy (non-hydrogen) atoms. The molecule has 0 N–H and O–H groups in total. The molecular weight excluding hydrogens is 228 g/mol. The highest BCUT2D eigenvalue weighted by Gasteiger charge is 2.16. The number of carbonyl (C=O) groups is 2. The van der Waals surface area contributed by atoms with Gasteiger partial charge in [-0.3, -0.25) is 9.59 Å². The molecular formula is C7H11BrO4. The van der Waals surface area contributed by atoms with E-state index in [1.807, 2.05) is 0 Å². The van der Waals surface area contributed by atoms with Crippen molar-refractivity contribution in [3.05, 3.63) is 0 Å². The molecule has 4 nitrogen and oxygen atoms in total. The SMILES string of the molecule is COC(=O)CCC(Br)C(=O)OC. The van der Waals surface area contributed by atoms with Crippen LogP contribution in [0.15, 0.2) is 0 Å². The van der Waals surface area contributed by atoms with Crippen molar-refractivity contribution in [2.45, 2.75) is 17.7 Å². The van der Waals surface area contributed by atoms with Gasteiger partial charge in [0, 0.05) is 6.42 Å². The largest absolute Gasteiger partial charge is 0.469 e. The van der Waals surface area contributed by atoms with Gasteiger partial charge in [0.15, 0.2) is 0 Å². The molecule has 0 radical (unpaired) electrons. The first kappa shape index (κ1) is 11.4. The maximum atomic E-state index is 10.8. The van der Waals surface area contributed by atoms with E-state index in [1.165, 1.54) is 14.2 Å². The van der Waals surface area contributed by atoms with Crippen molar-refractivity contribution in [3.8, 4) is 0 Å². The molecule has 0 saturated carbocycles. The van der Waals surface area contributed by atoms with Crippen LogP contribution in [-0.4, -0.2) is 31.0 Å². The molecule has 0 bridgehead atoms. The Morgan fingerprint density at radius 1 is 1.33 bits per heavy atom. The van der Waals surface area contributed by atoms with E-state index >= 15 is 0 Å². The normalized spacial score (nSPS) is 11.9. The average Bonchev–Trinajstić information content (AvgIpc) is 2.11. The van der Waals surface area contributed by atoms with Gasteiger partial charge in [0.1, 0.15) is 4.83 Å². The minimum absolute atomic E-state index is 0.210. The van der Waals surface area contributed by atoms with Crippen LogP contribution in [0.5, 0.6) is 0 Å². The first-order chi connectivity index (χ1) is 5.61. The summed E-state index contributed by atoms with van der Waals surface area (Å²) in [6.07, 6.45) is 0.598. The lowest BCUT2D eigenvalue weighted by molar-refractivity contribution is -0.141. The Labute approximate surface area is 79.3 Å². The van der Waals surface area contributed by atoms with Crippen LogP contribution in [0.3, 0.4) is 0 Å². The summed E-state index contributed by atoms with van der Waals surface area (Å²) < 4.78 is 8.84. The quantitative estimate of drug-likeness (QED) is 0.539. The highest BCUT2D eigenvalue weighted by Crippen LogP contribution is 2.09. The van der Waals surface area contributed by atoms with Gasteiger partial charge in [0.2, 0.25) is 0 Å². The average molecular weight is 239 g/mol. The standard InChI is InChI=1S/C7H11BrO4/c1-11-6(9)4-3-5(8)7(10)12-2/h5H,3-4H2,1-2H3. The summed E-state index contributed by atoms with van der Waals surface area (Å²) in [6, 6.07) is 0. The zero-order chi connectivity index (χ0) is 9.56. The molecule has 5 heteroatoms. The molecule has 0 spiro atoms. The number of alkyl halides is 1. The minimum Gasteiger partial charge on any atom is -0.469 e. The second-order valence-electron chi connectivity index (χ2n) is 2.11. The Balaban J connectivity index is 3.63. The van der Waals surface area contributed by atoms with Crippen molar-refractivity contribution in [3.63, 3.8) is 0 Å². The molecule has 0 aliphatic carbocycles. The van der Waals surface area contributed by atoms with E-state index < -0.39 is 4.83 Å². The second-order valence-corrected chi connectivity index (χ2v) is 3.21. The van der Waals surface area contributed by atoms with Gasteiger partial charge in [0.05, 0.1) is 14.2 Å². The Kier molecular flexibility index (Phi) is 5.70. The van der Waals surface area contributed by atoms with E-state index in [2.05, 4.69) is 25.4 Å². The fourth-order valence-electron chi connectivity index (χ4n) is 0.592. The highest BCUT2D eigenvalue weighted by molar-refractivity contribution is 9.10. The topological polar surface area (TPSA) is 52.6 Å². The highest BCUT2D eigenvalue weighted by atomic mass is 79.9. The molecule has 0 aromatic carbocycles. The predicted octanol–water partition coefficient (Wildman–Crippen LogP) is 0.876. The van der Waals surface area contributed by atoms with Crippen LogP contribution in [0, 0.1) is 0 Å². The number of hydrogen-bond donors (Lipinski definition) is 0. The molecule has 1 atom stereocenters. The van der Waals surface area contributed by atoms with Crippen LogP contribution in [0.1, 0.15) is 12.8 Å². The maximum absolute atomic E-state index is 10.8.